The van der Waals surface area contributed by atoms with E-state index >= 15 is 0 Å². The molecule has 0 aromatic heterocycles. The van der Waals surface area contributed by atoms with Crippen molar-refractivity contribution in [3.63, 3.8) is 0 Å². The molecule has 1 aliphatic heterocycles. The molecule has 0 aliphatic carbocycles. The Morgan fingerprint density at radius 3 is 1.78 bits per heavy atom. The zero-order valence-corrected chi connectivity index (χ0v) is 15.4. The Bertz CT molecular complexity index is 910. The van der Waals surface area contributed by atoms with E-state index in [-0.39, 0.29) is 21.4 Å². The van der Waals surface area contributed by atoms with Gasteiger partial charge in [0.2, 0.25) is 0 Å². The summed E-state index contributed by atoms with van der Waals surface area (Å²) >= 11 is 17.3. The molecule has 2 aromatic carbocycles. The van der Waals surface area contributed by atoms with E-state index in [1.165, 1.54) is 18.2 Å². The van der Waals surface area contributed by atoms with Gasteiger partial charge in [0.25, 0.3) is 0 Å². The van der Waals surface area contributed by atoms with Crippen LogP contribution in [0.5, 0.6) is 0 Å². The van der Waals surface area contributed by atoms with Crippen LogP contribution in [0.1, 0.15) is 5.56 Å². The second-order valence-corrected chi connectivity index (χ2v) is 6.83. The van der Waals surface area contributed by atoms with Crippen LogP contribution < -0.4 is 9.80 Å². The molecule has 144 valence electrons. The minimum absolute atomic E-state index is 0.0907. The zero-order chi connectivity index (χ0) is 20.1. The Kier molecular flexibility index (Phi) is 5.22. The highest BCUT2D eigenvalue weighted by Gasteiger charge is 2.46. The van der Waals surface area contributed by atoms with Crippen molar-refractivity contribution < 1.29 is 28.2 Å². The third kappa shape index (κ3) is 3.55. The molecule has 0 spiro atoms. The first-order valence-electron chi connectivity index (χ1n) is 7.32. The molecule has 3 rings (SSSR count). The van der Waals surface area contributed by atoms with Crippen LogP contribution in [0.3, 0.4) is 0 Å². The van der Waals surface area contributed by atoms with Gasteiger partial charge < -0.3 is 10.2 Å². The summed E-state index contributed by atoms with van der Waals surface area (Å²) in [5, 5.41) is 20.2. The van der Waals surface area contributed by atoms with Gasteiger partial charge in [0.05, 0.1) is 20.6 Å². The van der Waals surface area contributed by atoms with Crippen molar-refractivity contribution in [2.24, 2.45) is 0 Å². The molecule has 11 heteroatoms. The van der Waals surface area contributed by atoms with Gasteiger partial charge in [-0.05, 0) is 36.4 Å². The van der Waals surface area contributed by atoms with Crippen LogP contribution in [0.15, 0.2) is 36.4 Å². The lowest BCUT2D eigenvalue weighted by molar-refractivity contribution is -0.137. The van der Waals surface area contributed by atoms with Gasteiger partial charge in [0, 0.05) is 11.4 Å². The number of hydrogen-bond donors (Lipinski definition) is 2. The molecule has 2 N–H and O–H groups in total. The number of halogens is 6. The van der Waals surface area contributed by atoms with Crippen molar-refractivity contribution in [2.45, 2.75) is 18.6 Å². The maximum Gasteiger partial charge on any atom is 0.417 e. The van der Waals surface area contributed by atoms with Crippen molar-refractivity contribution in [2.75, 3.05) is 9.80 Å². The van der Waals surface area contributed by atoms with Crippen LogP contribution in [-0.2, 0) is 6.18 Å². The molecule has 1 heterocycles. The smallest absolute Gasteiger partial charge is 0.369 e. The Hall–Kier alpha value is -1.71. The third-order valence-electron chi connectivity index (χ3n) is 3.92. The van der Waals surface area contributed by atoms with Crippen LogP contribution in [0, 0.1) is 0 Å². The van der Waals surface area contributed by atoms with Crippen LogP contribution in [0.2, 0.25) is 15.1 Å². The van der Waals surface area contributed by atoms with Gasteiger partial charge >= 0.3 is 12.2 Å². The molecule has 2 amide bonds. The Morgan fingerprint density at radius 2 is 1.30 bits per heavy atom. The predicted molar refractivity (Wildman–Crippen MR) is 95.3 cm³/mol. The number of urea groups is 1. The lowest BCUT2D eigenvalue weighted by Gasteiger charge is -2.21. The Labute approximate surface area is 166 Å². The normalized spacial score (nSPS) is 20.5. The van der Waals surface area contributed by atoms with Gasteiger partial charge in [0.1, 0.15) is 0 Å². The second kappa shape index (κ2) is 7.03. The average Bonchev–Trinajstić information content (AvgIpc) is 2.80. The molecule has 2 atom stereocenters. The van der Waals surface area contributed by atoms with Crippen molar-refractivity contribution in [3.05, 3.63) is 57.0 Å². The summed E-state index contributed by atoms with van der Waals surface area (Å²) in [7, 11) is 0. The van der Waals surface area contributed by atoms with Gasteiger partial charge in [-0.2, -0.15) is 13.2 Å². The zero-order valence-electron chi connectivity index (χ0n) is 13.1. The number of alkyl halides is 3. The van der Waals surface area contributed by atoms with E-state index in [1.807, 2.05) is 0 Å². The van der Waals surface area contributed by atoms with E-state index in [0.29, 0.717) is 11.0 Å². The first-order valence-corrected chi connectivity index (χ1v) is 8.46. The number of aliphatic hydroxyl groups is 2. The molecule has 2 aromatic rings. The minimum Gasteiger partial charge on any atom is -0.369 e. The number of nitrogens with zero attached hydrogens (tertiary/aromatic N) is 2. The Balaban J connectivity index is 2.03. The van der Waals surface area contributed by atoms with E-state index in [2.05, 4.69) is 0 Å². The van der Waals surface area contributed by atoms with E-state index < -0.39 is 35.2 Å². The van der Waals surface area contributed by atoms with Crippen LogP contribution in [0.25, 0.3) is 0 Å². The SMILES string of the molecule is O=C1N(c2ccc(Cl)c(Cl)c2)C(O)C(O)N1c1ccc(Cl)c(C(F)(F)F)c1. The van der Waals surface area contributed by atoms with E-state index in [0.717, 1.165) is 17.0 Å². The number of amides is 2. The van der Waals surface area contributed by atoms with E-state index in [4.69, 9.17) is 34.8 Å². The molecule has 0 saturated carbocycles. The van der Waals surface area contributed by atoms with Gasteiger partial charge in [-0.1, -0.05) is 34.8 Å². The van der Waals surface area contributed by atoms with Gasteiger partial charge in [-0.15, -0.1) is 0 Å². The molecule has 1 fully saturated rings. The highest BCUT2D eigenvalue weighted by Crippen LogP contribution is 2.39. The summed E-state index contributed by atoms with van der Waals surface area (Å²) in [6.07, 6.45) is -8.34. The van der Waals surface area contributed by atoms with Crippen LogP contribution >= 0.6 is 34.8 Å². The number of benzene rings is 2. The standard InChI is InChI=1S/C16H10Cl3F3N2O3/c17-10-3-1-7(5-9(10)16(20,21)22)23-13(25)14(26)24(15(23)27)8-2-4-11(18)12(19)6-8/h1-6,13-14,25-26H. The maximum absolute atomic E-state index is 13.1. The number of rotatable bonds is 2. The number of hydrogen-bond acceptors (Lipinski definition) is 3. The summed E-state index contributed by atoms with van der Waals surface area (Å²) in [5.74, 6) is 0. The lowest BCUT2D eigenvalue weighted by atomic mass is 10.2. The van der Waals surface area contributed by atoms with Crippen molar-refractivity contribution in [1.82, 2.24) is 0 Å². The number of anilines is 2. The first-order chi connectivity index (χ1) is 12.5. The van der Waals surface area contributed by atoms with Gasteiger partial charge in [-0.25, -0.2) is 4.79 Å². The summed E-state index contributed by atoms with van der Waals surface area (Å²) in [6, 6.07) is 5.77. The average molecular weight is 442 g/mol. The number of carbonyl (C=O) groups excluding carboxylic acids is 1. The monoisotopic (exact) mass is 440 g/mol. The molecule has 27 heavy (non-hydrogen) atoms. The fourth-order valence-corrected chi connectivity index (χ4v) is 3.17. The predicted octanol–water partition coefficient (Wildman–Crippen LogP) is 4.75. The summed E-state index contributed by atoms with van der Waals surface area (Å²) < 4.78 is 39.2. The number of aliphatic hydroxyl groups excluding tert-OH is 2. The molecule has 1 aliphatic rings. The summed E-state index contributed by atoms with van der Waals surface area (Å²) in [4.78, 5) is 14.1. The summed E-state index contributed by atoms with van der Waals surface area (Å²) in [5.41, 5.74) is -1.36. The molecular weight excluding hydrogens is 432 g/mol. The molecule has 0 bridgehead atoms. The topological polar surface area (TPSA) is 64.0 Å². The number of carbonyl (C=O) groups is 1. The highest BCUT2D eigenvalue weighted by atomic mass is 35.5. The lowest BCUT2D eigenvalue weighted by Crippen LogP contribution is -2.37. The van der Waals surface area contributed by atoms with Crippen LogP contribution in [-0.4, -0.2) is 28.7 Å². The molecule has 0 radical (unpaired) electrons. The van der Waals surface area contributed by atoms with Gasteiger partial charge in [0.15, 0.2) is 12.5 Å². The quantitative estimate of drug-likeness (QED) is 0.707. The van der Waals surface area contributed by atoms with E-state index in [9.17, 15) is 28.2 Å². The fourth-order valence-electron chi connectivity index (χ4n) is 2.65. The van der Waals surface area contributed by atoms with Crippen molar-refractivity contribution >= 4 is 52.2 Å². The fraction of sp³-hybridized carbons (Fsp3) is 0.188. The van der Waals surface area contributed by atoms with Crippen LogP contribution in [0.4, 0.5) is 29.3 Å². The van der Waals surface area contributed by atoms with Crippen molar-refractivity contribution in [1.29, 1.82) is 0 Å². The van der Waals surface area contributed by atoms with Gasteiger partial charge in [-0.3, -0.25) is 9.80 Å². The molecule has 2 unspecified atom stereocenters. The third-order valence-corrected chi connectivity index (χ3v) is 4.99. The van der Waals surface area contributed by atoms with E-state index in [1.54, 1.807) is 0 Å². The minimum atomic E-state index is -4.76. The highest BCUT2D eigenvalue weighted by molar-refractivity contribution is 6.42. The Morgan fingerprint density at radius 1 is 0.815 bits per heavy atom. The first kappa shape index (κ1) is 20.0. The van der Waals surface area contributed by atoms with Crippen molar-refractivity contribution in [3.8, 4) is 0 Å². The molecule has 1 saturated heterocycles. The molecule has 5 nitrogen and oxygen atoms in total. The maximum atomic E-state index is 13.1. The largest absolute Gasteiger partial charge is 0.417 e. The molecular formula is C16H10Cl3F3N2O3. The second-order valence-electron chi connectivity index (χ2n) is 5.61. The summed E-state index contributed by atoms with van der Waals surface area (Å²) in [6.45, 7) is 0.